The van der Waals surface area contributed by atoms with Gasteiger partial charge in [-0.2, -0.15) is 4.37 Å². The molecule has 16 heavy (non-hydrogen) atoms. The molecule has 2 rings (SSSR count). The van der Waals surface area contributed by atoms with Gasteiger partial charge in [-0.15, -0.1) is 0 Å². The molecule has 0 unspecified atom stereocenters. The summed E-state index contributed by atoms with van der Waals surface area (Å²) >= 11 is 1.13. The zero-order chi connectivity index (χ0) is 11.4. The molecule has 0 aliphatic rings. The highest BCUT2D eigenvalue weighted by molar-refractivity contribution is 7.09. The van der Waals surface area contributed by atoms with Gasteiger partial charge in [-0.25, -0.2) is 4.98 Å². The van der Waals surface area contributed by atoms with E-state index in [4.69, 9.17) is 4.74 Å². The van der Waals surface area contributed by atoms with E-state index in [2.05, 4.69) is 14.7 Å². The molecule has 2 aromatic rings. The van der Waals surface area contributed by atoms with Crippen molar-refractivity contribution in [2.24, 2.45) is 0 Å². The van der Waals surface area contributed by atoms with Gasteiger partial charge in [0.15, 0.2) is 0 Å². The zero-order valence-electron chi connectivity index (χ0n) is 8.51. The molecule has 1 amide bonds. The molecule has 1 N–H and O–H groups in total. The summed E-state index contributed by atoms with van der Waals surface area (Å²) in [5.41, 5.74) is 0.472. The molecule has 1 aromatic carbocycles. The van der Waals surface area contributed by atoms with Gasteiger partial charge in [0.25, 0.3) is 5.91 Å². The quantitative estimate of drug-likeness (QED) is 0.881. The van der Waals surface area contributed by atoms with E-state index in [1.165, 1.54) is 13.4 Å². The predicted octanol–water partition coefficient (Wildman–Crippen LogP) is 1.80. The fraction of sp³-hybridized carbons (Fsp3) is 0.100. The number of para-hydroxylation sites is 1. The van der Waals surface area contributed by atoms with Gasteiger partial charge < -0.3 is 4.74 Å². The number of aromatic nitrogens is 2. The van der Waals surface area contributed by atoms with Crippen molar-refractivity contribution in [1.82, 2.24) is 9.36 Å². The molecule has 6 heteroatoms. The predicted molar refractivity (Wildman–Crippen MR) is 60.9 cm³/mol. The number of benzene rings is 1. The smallest absolute Gasteiger partial charge is 0.261 e. The van der Waals surface area contributed by atoms with Crippen LogP contribution in [0.15, 0.2) is 30.6 Å². The van der Waals surface area contributed by atoms with Crippen molar-refractivity contribution in [1.29, 1.82) is 0 Å². The lowest BCUT2D eigenvalue weighted by molar-refractivity contribution is 0.102. The van der Waals surface area contributed by atoms with E-state index >= 15 is 0 Å². The Morgan fingerprint density at radius 1 is 1.44 bits per heavy atom. The Bertz CT molecular complexity index is 485. The van der Waals surface area contributed by atoms with Crippen LogP contribution in [0.2, 0.25) is 0 Å². The van der Waals surface area contributed by atoms with Crippen LogP contribution in [0.25, 0.3) is 0 Å². The SMILES string of the molecule is COc1ccccc1C(=O)Nc1ncns1. The molecule has 0 radical (unpaired) electrons. The molecular weight excluding hydrogens is 226 g/mol. The summed E-state index contributed by atoms with van der Waals surface area (Å²) in [5, 5.41) is 3.11. The molecule has 0 spiro atoms. The average molecular weight is 235 g/mol. The molecule has 0 aliphatic carbocycles. The topological polar surface area (TPSA) is 64.1 Å². The highest BCUT2D eigenvalue weighted by atomic mass is 32.1. The standard InChI is InChI=1S/C10H9N3O2S/c1-15-8-5-3-2-4-7(8)9(14)13-10-11-6-12-16-10/h2-6H,1H3,(H,11,12,13,14). The maximum atomic E-state index is 11.8. The molecule has 82 valence electrons. The Balaban J connectivity index is 2.21. The second-order valence-corrected chi connectivity index (χ2v) is 3.68. The first-order valence-electron chi connectivity index (χ1n) is 4.52. The van der Waals surface area contributed by atoms with Gasteiger partial charge >= 0.3 is 0 Å². The van der Waals surface area contributed by atoms with Gasteiger partial charge in [-0.1, -0.05) is 12.1 Å². The summed E-state index contributed by atoms with van der Waals surface area (Å²) in [6, 6.07) is 7.00. The van der Waals surface area contributed by atoms with Crippen molar-refractivity contribution >= 4 is 22.6 Å². The summed E-state index contributed by atoms with van der Waals surface area (Å²) in [4.78, 5) is 15.7. The lowest BCUT2D eigenvalue weighted by Gasteiger charge is -2.06. The van der Waals surface area contributed by atoms with Crippen molar-refractivity contribution in [2.45, 2.75) is 0 Å². The maximum Gasteiger partial charge on any atom is 0.261 e. The number of ether oxygens (including phenoxy) is 1. The van der Waals surface area contributed by atoms with Gasteiger partial charge in [0.05, 0.1) is 12.7 Å². The van der Waals surface area contributed by atoms with E-state index in [0.29, 0.717) is 16.4 Å². The summed E-state index contributed by atoms with van der Waals surface area (Å²) in [6.07, 6.45) is 1.39. The number of carbonyl (C=O) groups excluding carboxylic acids is 1. The van der Waals surface area contributed by atoms with E-state index in [1.54, 1.807) is 24.3 Å². The number of amides is 1. The van der Waals surface area contributed by atoms with Crippen LogP contribution in [0.4, 0.5) is 5.13 Å². The van der Waals surface area contributed by atoms with Gasteiger partial charge in [-0.3, -0.25) is 10.1 Å². The Kier molecular flexibility index (Phi) is 3.11. The van der Waals surface area contributed by atoms with Crippen molar-refractivity contribution in [2.75, 3.05) is 12.4 Å². The average Bonchev–Trinajstić information content (AvgIpc) is 2.81. The van der Waals surface area contributed by atoms with Crippen LogP contribution in [0.1, 0.15) is 10.4 Å². The lowest BCUT2D eigenvalue weighted by Crippen LogP contribution is -2.12. The van der Waals surface area contributed by atoms with E-state index in [9.17, 15) is 4.79 Å². The second kappa shape index (κ2) is 4.71. The summed E-state index contributed by atoms with van der Waals surface area (Å²) < 4.78 is 8.89. The number of nitrogens with one attached hydrogen (secondary N) is 1. The van der Waals surface area contributed by atoms with Crippen molar-refractivity contribution in [3.63, 3.8) is 0 Å². The zero-order valence-corrected chi connectivity index (χ0v) is 9.32. The first kappa shape index (κ1) is 10.6. The molecule has 0 atom stereocenters. The number of hydrogen-bond acceptors (Lipinski definition) is 5. The van der Waals surface area contributed by atoms with E-state index in [1.807, 2.05) is 0 Å². The number of nitrogens with zero attached hydrogens (tertiary/aromatic N) is 2. The van der Waals surface area contributed by atoms with Gasteiger partial charge in [-0.05, 0) is 12.1 Å². The highest BCUT2D eigenvalue weighted by Crippen LogP contribution is 2.19. The fourth-order valence-corrected chi connectivity index (χ4v) is 1.65. The molecule has 0 saturated heterocycles. The first-order valence-corrected chi connectivity index (χ1v) is 5.29. The number of methoxy groups -OCH3 is 1. The molecule has 5 nitrogen and oxygen atoms in total. The van der Waals surface area contributed by atoms with Crippen LogP contribution >= 0.6 is 11.5 Å². The van der Waals surface area contributed by atoms with Crippen LogP contribution in [-0.2, 0) is 0 Å². The number of hydrogen-bond donors (Lipinski definition) is 1. The van der Waals surface area contributed by atoms with Crippen LogP contribution in [0, 0.1) is 0 Å². The van der Waals surface area contributed by atoms with Gasteiger partial charge in [0.2, 0.25) is 5.13 Å². The highest BCUT2D eigenvalue weighted by Gasteiger charge is 2.12. The molecule has 0 fully saturated rings. The Morgan fingerprint density at radius 2 is 2.25 bits per heavy atom. The summed E-state index contributed by atoms with van der Waals surface area (Å²) in [7, 11) is 1.52. The van der Waals surface area contributed by atoms with E-state index < -0.39 is 0 Å². The van der Waals surface area contributed by atoms with Crippen LogP contribution in [-0.4, -0.2) is 22.4 Å². The maximum absolute atomic E-state index is 11.8. The number of rotatable bonds is 3. The third-order valence-corrected chi connectivity index (χ3v) is 2.51. The first-order chi connectivity index (χ1) is 7.81. The van der Waals surface area contributed by atoms with Crippen LogP contribution in [0.3, 0.4) is 0 Å². The minimum Gasteiger partial charge on any atom is -0.496 e. The lowest BCUT2D eigenvalue weighted by atomic mass is 10.2. The Hall–Kier alpha value is -1.95. The molecule has 0 aliphatic heterocycles. The normalized spacial score (nSPS) is 9.81. The van der Waals surface area contributed by atoms with Gasteiger partial charge in [0, 0.05) is 11.5 Å². The molecule has 0 bridgehead atoms. The molecule has 1 heterocycles. The second-order valence-electron chi connectivity index (χ2n) is 2.90. The van der Waals surface area contributed by atoms with Crippen molar-refractivity contribution in [3.05, 3.63) is 36.2 Å². The largest absolute Gasteiger partial charge is 0.496 e. The molecular formula is C10H9N3O2S. The summed E-state index contributed by atoms with van der Waals surface area (Å²) in [5.74, 6) is 0.277. The Labute approximate surface area is 96.3 Å². The van der Waals surface area contributed by atoms with Crippen LogP contribution < -0.4 is 10.1 Å². The minimum atomic E-state index is -0.255. The Morgan fingerprint density at radius 3 is 2.94 bits per heavy atom. The minimum absolute atomic E-state index is 0.255. The monoisotopic (exact) mass is 235 g/mol. The van der Waals surface area contributed by atoms with Gasteiger partial charge in [0.1, 0.15) is 12.1 Å². The third kappa shape index (κ3) is 2.17. The number of carbonyl (C=O) groups is 1. The van der Waals surface area contributed by atoms with E-state index in [0.717, 1.165) is 11.5 Å². The number of anilines is 1. The van der Waals surface area contributed by atoms with E-state index in [-0.39, 0.29) is 5.91 Å². The summed E-state index contributed by atoms with van der Waals surface area (Å²) in [6.45, 7) is 0. The van der Waals surface area contributed by atoms with Crippen molar-refractivity contribution in [3.8, 4) is 5.75 Å². The molecule has 1 aromatic heterocycles. The van der Waals surface area contributed by atoms with Crippen LogP contribution in [0.5, 0.6) is 5.75 Å². The molecule has 0 saturated carbocycles. The fourth-order valence-electron chi connectivity index (χ4n) is 1.22. The third-order valence-electron chi connectivity index (χ3n) is 1.93. The van der Waals surface area contributed by atoms with Crippen molar-refractivity contribution < 1.29 is 9.53 Å².